The minimum atomic E-state index is -0.904. The summed E-state index contributed by atoms with van der Waals surface area (Å²) in [6.07, 6.45) is 1.87. The summed E-state index contributed by atoms with van der Waals surface area (Å²) < 4.78 is 40.4. The highest BCUT2D eigenvalue weighted by atomic mass is 19.1. The van der Waals surface area contributed by atoms with Gasteiger partial charge in [-0.05, 0) is 36.1 Å². The Morgan fingerprint density at radius 3 is 2.42 bits per heavy atom. The van der Waals surface area contributed by atoms with Crippen LogP contribution in [0, 0.1) is 17.5 Å². The molecule has 1 nitrogen and oxygen atoms in total. The van der Waals surface area contributed by atoms with Crippen LogP contribution in [0.3, 0.4) is 0 Å². The van der Waals surface area contributed by atoms with Crippen molar-refractivity contribution in [1.82, 2.24) is 0 Å². The summed E-state index contributed by atoms with van der Waals surface area (Å²) in [7, 11) is 0. The van der Waals surface area contributed by atoms with E-state index < -0.39 is 17.5 Å². The molecule has 0 saturated carbocycles. The van der Waals surface area contributed by atoms with E-state index in [0.717, 1.165) is 30.6 Å². The number of aryl methyl sites for hydroxylation is 1. The lowest BCUT2D eigenvalue weighted by Crippen LogP contribution is -2.11. The van der Waals surface area contributed by atoms with Gasteiger partial charge in [0.15, 0.2) is 0 Å². The monoisotopic (exact) mass is 263 g/mol. The number of hydrogen-bond donors (Lipinski definition) is 1. The second-order valence-electron chi connectivity index (χ2n) is 4.65. The quantitative estimate of drug-likeness (QED) is 0.815. The molecule has 0 saturated heterocycles. The van der Waals surface area contributed by atoms with E-state index in [1.165, 1.54) is 0 Å². The third-order valence-electron chi connectivity index (χ3n) is 3.34. The zero-order chi connectivity index (χ0) is 13.4. The van der Waals surface area contributed by atoms with E-state index in [2.05, 4.69) is 5.32 Å². The molecule has 3 rings (SSSR count). The summed E-state index contributed by atoms with van der Waals surface area (Å²) in [5.74, 6) is -2.65. The van der Waals surface area contributed by atoms with Gasteiger partial charge in [0.1, 0.15) is 17.5 Å². The summed E-state index contributed by atoms with van der Waals surface area (Å²) in [6.45, 7) is 0.908. The van der Waals surface area contributed by atoms with Gasteiger partial charge in [0.2, 0.25) is 0 Å². The second kappa shape index (κ2) is 4.61. The van der Waals surface area contributed by atoms with E-state index in [1.807, 2.05) is 6.07 Å². The highest BCUT2D eigenvalue weighted by molar-refractivity contribution is 5.70. The number of anilines is 1. The van der Waals surface area contributed by atoms with Crippen molar-refractivity contribution in [2.24, 2.45) is 0 Å². The average Bonchev–Trinajstić information content (AvgIpc) is 2.37. The first-order valence-electron chi connectivity index (χ1n) is 6.17. The molecule has 1 aliphatic rings. The summed E-state index contributed by atoms with van der Waals surface area (Å²) in [5, 5.41) is 3.23. The molecule has 1 N–H and O–H groups in total. The summed E-state index contributed by atoms with van der Waals surface area (Å²) >= 11 is 0. The van der Waals surface area contributed by atoms with E-state index in [1.54, 1.807) is 12.1 Å². The van der Waals surface area contributed by atoms with Crippen LogP contribution in [0.2, 0.25) is 0 Å². The molecule has 0 spiro atoms. The lowest BCUT2D eigenvalue weighted by Gasteiger charge is -2.19. The number of halogens is 3. The topological polar surface area (TPSA) is 12.0 Å². The first kappa shape index (κ1) is 12.1. The molecule has 0 atom stereocenters. The molecule has 1 heterocycles. The fourth-order valence-corrected chi connectivity index (χ4v) is 2.45. The van der Waals surface area contributed by atoms with Crippen molar-refractivity contribution in [1.29, 1.82) is 0 Å². The van der Waals surface area contributed by atoms with Crippen LogP contribution in [0.1, 0.15) is 12.0 Å². The zero-order valence-electron chi connectivity index (χ0n) is 10.1. The van der Waals surface area contributed by atoms with Crippen molar-refractivity contribution in [3.63, 3.8) is 0 Å². The van der Waals surface area contributed by atoms with Gasteiger partial charge in [-0.25, -0.2) is 13.2 Å². The molecule has 0 amide bonds. The summed E-state index contributed by atoms with van der Waals surface area (Å²) in [5.41, 5.74) is 2.30. The fourth-order valence-electron chi connectivity index (χ4n) is 2.45. The standard InChI is InChI=1S/C15H12F3N/c16-11-7-12(17)15(13(18)8-11)10-3-4-14-9(6-10)2-1-5-19-14/h3-4,6-8,19H,1-2,5H2. The van der Waals surface area contributed by atoms with Crippen molar-refractivity contribution in [2.75, 3.05) is 11.9 Å². The first-order valence-corrected chi connectivity index (χ1v) is 6.17. The highest BCUT2D eigenvalue weighted by Crippen LogP contribution is 2.31. The molecule has 4 heteroatoms. The van der Waals surface area contributed by atoms with Crippen LogP contribution in [-0.2, 0) is 6.42 Å². The Morgan fingerprint density at radius 2 is 1.68 bits per heavy atom. The van der Waals surface area contributed by atoms with Gasteiger partial charge in [-0.2, -0.15) is 0 Å². The average molecular weight is 263 g/mol. The van der Waals surface area contributed by atoms with Gasteiger partial charge >= 0.3 is 0 Å². The van der Waals surface area contributed by atoms with Gasteiger partial charge in [-0.1, -0.05) is 6.07 Å². The maximum absolute atomic E-state index is 13.7. The van der Waals surface area contributed by atoms with Crippen LogP contribution in [0.25, 0.3) is 11.1 Å². The molecule has 0 aliphatic carbocycles. The SMILES string of the molecule is Fc1cc(F)c(-c2ccc3c(c2)CCCN3)c(F)c1. The number of hydrogen-bond acceptors (Lipinski definition) is 1. The zero-order valence-corrected chi connectivity index (χ0v) is 10.1. The highest BCUT2D eigenvalue weighted by Gasteiger charge is 2.16. The van der Waals surface area contributed by atoms with Crippen LogP contribution in [0.5, 0.6) is 0 Å². The third kappa shape index (κ3) is 2.18. The smallest absolute Gasteiger partial charge is 0.136 e. The van der Waals surface area contributed by atoms with Gasteiger partial charge in [-0.3, -0.25) is 0 Å². The predicted octanol–water partition coefficient (Wildman–Crippen LogP) is 4.13. The van der Waals surface area contributed by atoms with Crippen LogP contribution in [0.4, 0.5) is 18.9 Å². The van der Waals surface area contributed by atoms with E-state index >= 15 is 0 Å². The molecule has 0 aromatic heterocycles. The Bertz CT molecular complexity index is 614. The number of nitrogens with one attached hydrogen (secondary N) is 1. The van der Waals surface area contributed by atoms with Gasteiger partial charge in [-0.15, -0.1) is 0 Å². The fraction of sp³-hybridized carbons (Fsp3) is 0.200. The molecule has 19 heavy (non-hydrogen) atoms. The van der Waals surface area contributed by atoms with Gasteiger partial charge in [0.25, 0.3) is 0 Å². The first-order chi connectivity index (χ1) is 9.15. The van der Waals surface area contributed by atoms with Crippen LogP contribution >= 0.6 is 0 Å². The Labute approximate surface area is 109 Å². The van der Waals surface area contributed by atoms with Crippen LogP contribution < -0.4 is 5.32 Å². The van der Waals surface area contributed by atoms with E-state index in [0.29, 0.717) is 17.7 Å². The number of fused-ring (bicyclic) bond motifs is 1. The van der Waals surface area contributed by atoms with Crippen LogP contribution in [0.15, 0.2) is 30.3 Å². The molecular formula is C15H12F3N. The van der Waals surface area contributed by atoms with Crippen molar-refractivity contribution in [2.45, 2.75) is 12.8 Å². The lowest BCUT2D eigenvalue weighted by atomic mass is 9.96. The Hall–Kier alpha value is -1.97. The van der Waals surface area contributed by atoms with Crippen molar-refractivity contribution in [3.8, 4) is 11.1 Å². The molecule has 0 radical (unpaired) electrons. The van der Waals surface area contributed by atoms with E-state index in [9.17, 15) is 13.2 Å². The minimum Gasteiger partial charge on any atom is -0.385 e. The number of rotatable bonds is 1. The maximum atomic E-state index is 13.7. The molecule has 0 bridgehead atoms. The van der Waals surface area contributed by atoms with E-state index in [4.69, 9.17) is 0 Å². The normalized spacial score (nSPS) is 13.8. The third-order valence-corrected chi connectivity index (χ3v) is 3.34. The van der Waals surface area contributed by atoms with Gasteiger partial charge in [0.05, 0.1) is 5.56 Å². The summed E-state index contributed by atoms with van der Waals surface area (Å²) in [6, 6.07) is 6.63. The van der Waals surface area contributed by atoms with Crippen molar-refractivity contribution >= 4 is 5.69 Å². The van der Waals surface area contributed by atoms with Crippen molar-refractivity contribution in [3.05, 3.63) is 53.3 Å². The van der Waals surface area contributed by atoms with Crippen molar-refractivity contribution < 1.29 is 13.2 Å². The second-order valence-corrected chi connectivity index (χ2v) is 4.65. The Balaban J connectivity index is 2.12. The molecular weight excluding hydrogens is 251 g/mol. The molecule has 1 aliphatic heterocycles. The van der Waals surface area contributed by atoms with Gasteiger partial charge < -0.3 is 5.32 Å². The minimum absolute atomic E-state index is 0.172. The lowest BCUT2D eigenvalue weighted by molar-refractivity contribution is 0.548. The molecule has 2 aromatic carbocycles. The van der Waals surface area contributed by atoms with Gasteiger partial charge in [0, 0.05) is 24.4 Å². The van der Waals surface area contributed by atoms with E-state index in [-0.39, 0.29) is 5.56 Å². The largest absolute Gasteiger partial charge is 0.385 e. The molecule has 0 fully saturated rings. The van der Waals surface area contributed by atoms with Crippen LogP contribution in [-0.4, -0.2) is 6.54 Å². The Kier molecular flexibility index (Phi) is 2.93. The molecule has 98 valence electrons. The predicted molar refractivity (Wildman–Crippen MR) is 68.6 cm³/mol. The maximum Gasteiger partial charge on any atom is 0.136 e. The molecule has 2 aromatic rings. The molecule has 0 unspecified atom stereocenters. The Morgan fingerprint density at radius 1 is 0.947 bits per heavy atom. The summed E-state index contributed by atoms with van der Waals surface area (Å²) in [4.78, 5) is 0. The number of benzene rings is 2.